The normalized spacial score (nSPS) is 12.4. The number of thiophene rings is 1. The molecule has 0 saturated carbocycles. The average molecular weight is 340 g/mol. The first-order valence-corrected chi connectivity index (χ1v) is 7.89. The van der Waals surface area contributed by atoms with Crippen LogP contribution in [0.15, 0.2) is 34.8 Å². The lowest BCUT2D eigenvalue weighted by Crippen LogP contribution is -2.17. The third-order valence-electron chi connectivity index (χ3n) is 3.11. The van der Waals surface area contributed by atoms with Gasteiger partial charge in [0.25, 0.3) is 0 Å². The van der Waals surface area contributed by atoms with Crippen molar-refractivity contribution in [1.82, 2.24) is 5.32 Å². The summed E-state index contributed by atoms with van der Waals surface area (Å²) in [6.07, 6.45) is 1.08. The number of hydrogen-bond donors (Lipinski definition) is 1. The van der Waals surface area contributed by atoms with Gasteiger partial charge >= 0.3 is 0 Å². The van der Waals surface area contributed by atoms with Crippen LogP contribution < -0.4 is 10.1 Å². The molecule has 0 spiro atoms. The van der Waals surface area contributed by atoms with Crippen LogP contribution in [0, 0.1) is 0 Å². The van der Waals surface area contributed by atoms with Gasteiger partial charge in [0, 0.05) is 19.8 Å². The molecule has 0 aliphatic heterocycles. The van der Waals surface area contributed by atoms with Gasteiger partial charge in [0.05, 0.1) is 13.2 Å². The minimum Gasteiger partial charge on any atom is -0.496 e. The standard InChI is InChI=1S/C15H18BrNOS/c1-4-11-6-8-14(19-11)15(17-2)12-9-10(16)5-7-13(12)18-3/h5-9,15,17H,4H2,1-3H3. The van der Waals surface area contributed by atoms with Gasteiger partial charge in [0.2, 0.25) is 0 Å². The van der Waals surface area contributed by atoms with E-state index in [4.69, 9.17) is 4.74 Å². The Morgan fingerprint density at radius 3 is 2.68 bits per heavy atom. The molecule has 102 valence electrons. The summed E-state index contributed by atoms with van der Waals surface area (Å²) < 4.78 is 6.55. The fraction of sp³-hybridized carbons (Fsp3) is 0.333. The first-order chi connectivity index (χ1) is 9.19. The van der Waals surface area contributed by atoms with Crippen LogP contribution in [0.25, 0.3) is 0 Å². The summed E-state index contributed by atoms with van der Waals surface area (Å²) in [5.74, 6) is 0.911. The molecule has 0 radical (unpaired) electrons. The van der Waals surface area contributed by atoms with Gasteiger partial charge in [-0.25, -0.2) is 0 Å². The maximum atomic E-state index is 5.48. The van der Waals surface area contributed by atoms with Crippen LogP contribution in [0.2, 0.25) is 0 Å². The van der Waals surface area contributed by atoms with Crippen LogP contribution in [0.5, 0.6) is 5.75 Å². The summed E-state index contributed by atoms with van der Waals surface area (Å²) in [5, 5.41) is 3.38. The summed E-state index contributed by atoms with van der Waals surface area (Å²) >= 11 is 5.39. The Balaban J connectivity index is 2.43. The predicted octanol–water partition coefficient (Wildman–Crippen LogP) is 4.39. The van der Waals surface area contributed by atoms with Crippen LogP contribution in [0.1, 0.15) is 28.3 Å². The zero-order chi connectivity index (χ0) is 13.8. The lowest BCUT2D eigenvalue weighted by molar-refractivity contribution is 0.405. The molecule has 1 unspecified atom stereocenters. The second kappa shape index (κ2) is 6.55. The van der Waals surface area contributed by atoms with Crippen molar-refractivity contribution < 1.29 is 4.74 Å². The van der Waals surface area contributed by atoms with Crippen molar-refractivity contribution >= 4 is 27.3 Å². The Hall–Kier alpha value is -0.840. The summed E-state index contributed by atoms with van der Waals surface area (Å²) in [4.78, 5) is 2.72. The largest absolute Gasteiger partial charge is 0.496 e. The number of nitrogens with one attached hydrogen (secondary N) is 1. The van der Waals surface area contributed by atoms with Crippen LogP contribution in [-0.4, -0.2) is 14.2 Å². The van der Waals surface area contributed by atoms with Crippen molar-refractivity contribution in [2.45, 2.75) is 19.4 Å². The molecule has 2 rings (SSSR count). The zero-order valence-electron chi connectivity index (χ0n) is 11.4. The van der Waals surface area contributed by atoms with E-state index in [0.29, 0.717) is 0 Å². The molecule has 0 aliphatic carbocycles. The van der Waals surface area contributed by atoms with E-state index in [-0.39, 0.29) is 6.04 Å². The van der Waals surface area contributed by atoms with Gasteiger partial charge in [-0.15, -0.1) is 11.3 Å². The number of benzene rings is 1. The van der Waals surface area contributed by atoms with Crippen molar-refractivity contribution in [3.63, 3.8) is 0 Å². The van der Waals surface area contributed by atoms with Crippen molar-refractivity contribution in [3.05, 3.63) is 50.1 Å². The second-order valence-corrected chi connectivity index (χ2v) is 6.38. The third kappa shape index (κ3) is 3.19. The molecule has 1 atom stereocenters. The number of ether oxygens (including phenoxy) is 1. The van der Waals surface area contributed by atoms with E-state index in [1.807, 2.05) is 30.5 Å². The van der Waals surface area contributed by atoms with Gasteiger partial charge in [-0.1, -0.05) is 22.9 Å². The van der Waals surface area contributed by atoms with Crippen molar-refractivity contribution in [1.29, 1.82) is 0 Å². The Morgan fingerprint density at radius 1 is 1.32 bits per heavy atom. The highest BCUT2D eigenvalue weighted by atomic mass is 79.9. The van der Waals surface area contributed by atoms with Gasteiger partial charge < -0.3 is 10.1 Å². The fourth-order valence-electron chi connectivity index (χ4n) is 2.12. The lowest BCUT2D eigenvalue weighted by atomic mass is 10.0. The van der Waals surface area contributed by atoms with E-state index in [0.717, 1.165) is 22.2 Å². The second-order valence-electron chi connectivity index (χ2n) is 4.27. The molecule has 2 nitrogen and oxygen atoms in total. The first kappa shape index (κ1) is 14.6. The van der Waals surface area contributed by atoms with E-state index >= 15 is 0 Å². The molecule has 1 aromatic carbocycles. The fourth-order valence-corrected chi connectivity index (χ4v) is 3.58. The summed E-state index contributed by atoms with van der Waals surface area (Å²) in [7, 11) is 3.70. The van der Waals surface area contributed by atoms with Gasteiger partial charge in [-0.3, -0.25) is 0 Å². The molecule has 1 N–H and O–H groups in total. The highest BCUT2D eigenvalue weighted by Crippen LogP contribution is 2.35. The topological polar surface area (TPSA) is 21.3 Å². The molecular formula is C15H18BrNOS. The molecule has 19 heavy (non-hydrogen) atoms. The quantitative estimate of drug-likeness (QED) is 0.872. The molecule has 0 bridgehead atoms. The van der Waals surface area contributed by atoms with Crippen LogP contribution in [-0.2, 0) is 6.42 Å². The summed E-state index contributed by atoms with van der Waals surface area (Å²) in [6.45, 7) is 2.18. The Bertz CT molecular complexity index is 553. The zero-order valence-corrected chi connectivity index (χ0v) is 13.8. The van der Waals surface area contributed by atoms with Crippen molar-refractivity contribution in [2.75, 3.05) is 14.2 Å². The number of methoxy groups -OCH3 is 1. The molecular weight excluding hydrogens is 322 g/mol. The van der Waals surface area contributed by atoms with Gasteiger partial charge in [0.15, 0.2) is 0 Å². The number of aryl methyl sites for hydroxylation is 1. The minimum atomic E-state index is 0.165. The van der Waals surface area contributed by atoms with E-state index in [9.17, 15) is 0 Å². The van der Waals surface area contributed by atoms with Crippen LogP contribution >= 0.6 is 27.3 Å². The highest BCUT2D eigenvalue weighted by molar-refractivity contribution is 9.10. The number of hydrogen-bond acceptors (Lipinski definition) is 3. The molecule has 0 aliphatic rings. The Morgan fingerprint density at radius 2 is 2.11 bits per heavy atom. The number of rotatable bonds is 5. The molecule has 0 amide bonds. The van der Waals surface area contributed by atoms with E-state index < -0.39 is 0 Å². The van der Waals surface area contributed by atoms with Gasteiger partial charge in [0.1, 0.15) is 5.75 Å². The lowest BCUT2D eigenvalue weighted by Gasteiger charge is -2.18. The monoisotopic (exact) mass is 339 g/mol. The molecule has 2 aromatic rings. The first-order valence-electron chi connectivity index (χ1n) is 6.29. The minimum absolute atomic E-state index is 0.165. The maximum absolute atomic E-state index is 5.48. The smallest absolute Gasteiger partial charge is 0.124 e. The van der Waals surface area contributed by atoms with E-state index in [1.54, 1.807) is 7.11 Å². The predicted molar refractivity (Wildman–Crippen MR) is 85.3 cm³/mol. The van der Waals surface area contributed by atoms with Gasteiger partial charge in [-0.05, 0) is 43.8 Å². The molecule has 0 saturated heterocycles. The molecule has 1 heterocycles. The molecule has 1 aromatic heterocycles. The third-order valence-corrected chi connectivity index (χ3v) is 4.89. The molecule has 0 fully saturated rings. The maximum Gasteiger partial charge on any atom is 0.124 e. The highest BCUT2D eigenvalue weighted by Gasteiger charge is 2.18. The molecule has 4 heteroatoms. The average Bonchev–Trinajstić information content (AvgIpc) is 2.89. The SMILES string of the molecule is CCc1ccc(C(NC)c2cc(Br)ccc2OC)s1. The van der Waals surface area contributed by atoms with Crippen molar-refractivity contribution in [2.24, 2.45) is 0 Å². The Kier molecular flexibility index (Phi) is 5.02. The van der Waals surface area contributed by atoms with Crippen molar-refractivity contribution in [3.8, 4) is 5.75 Å². The summed E-state index contributed by atoms with van der Waals surface area (Å²) in [5.41, 5.74) is 1.16. The van der Waals surface area contributed by atoms with E-state index in [1.165, 1.54) is 9.75 Å². The van der Waals surface area contributed by atoms with E-state index in [2.05, 4.69) is 46.4 Å². The van der Waals surface area contributed by atoms with Crippen LogP contribution in [0.4, 0.5) is 0 Å². The number of halogens is 1. The van der Waals surface area contributed by atoms with Gasteiger partial charge in [-0.2, -0.15) is 0 Å². The Labute approximate surface area is 126 Å². The van der Waals surface area contributed by atoms with Crippen LogP contribution in [0.3, 0.4) is 0 Å². The summed E-state index contributed by atoms with van der Waals surface area (Å²) in [6, 6.07) is 10.7.